The number of nitrogens with zero attached hydrogens (tertiary/aromatic N) is 2. The minimum absolute atomic E-state index is 0.0255. The first-order chi connectivity index (χ1) is 9.94. The van der Waals surface area contributed by atoms with Crippen molar-refractivity contribution in [2.24, 2.45) is 24.3 Å². The molecular formula is C16H23N3O2. The Morgan fingerprint density at radius 3 is 2.71 bits per heavy atom. The van der Waals surface area contributed by atoms with Crippen LogP contribution < -0.4 is 5.32 Å². The standard InChI is InChI=1S/C16H23N3O2/c1-19-3-2-13(18-19)17-14(20)9-15-5-11-4-12(6-15)8-16(21,7-11)10-15/h2-3,11-12,21H,4-10H2,1H3,(H,17,18,20). The second-order valence-corrected chi connectivity index (χ2v) is 7.78. The Kier molecular flexibility index (Phi) is 2.74. The molecule has 0 aromatic carbocycles. The number of carbonyl (C=O) groups excluding carboxylic acids is 1. The zero-order chi connectivity index (χ0) is 14.7. The van der Waals surface area contributed by atoms with E-state index in [1.54, 1.807) is 4.68 Å². The van der Waals surface area contributed by atoms with E-state index >= 15 is 0 Å². The van der Waals surface area contributed by atoms with E-state index in [0.29, 0.717) is 24.1 Å². The molecule has 1 aromatic rings. The summed E-state index contributed by atoms with van der Waals surface area (Å²) in [7, 11) is 1.84. The van der Waals surface area contributed by atoms with Gasteiger partial charge in [0.15, 0.2) is 5.82 Å². The molecule has 0 saturated heterocycles. The molecule has 0 radical (unpaired) electrons. The predicted molar refractivity (Wildman–Crippen MR) is 78.5 cm³/mol. The average molecular weight is 289 g/mol. The Morgan fingerprint density at radius 1 is 1.43 bits per heavy atom. The maximum atomic E-state index is 12.4. The Morgan fingerprint density at radius 2 is 2.14 bits per heavy atom. The number of rotatable bonds is 3. The number of aryl methyl sites for hydroxylation is 1. The van der Waals surface area contributed by atoms with Gasteiger partial charge in [0.2, 0.25) is 5.91 Å². The summed E-state index contributed by atoms with van der Waals surface area (Å²) in [6.07, 6.45) is 8.54. The van der Waals surface area contributed by atoms with Crippen LogP contribution in [0.4, 0.5) is 5.82 Å². The zero-order valence-corrected chi connectivity index (χ0v) is 12.5. The maximum Gasteiger partial charge on any atom is 0.226 e. The summed E-state index contributed by atoms with van der Waals surface area (Å²) in [6.45, 7) is 0. The van der Waals surface area contributed by atoms with Crippen molar-refractivity contribution in [3.63, 3.8) is 0 Å². The molecule has 4 saturated carbocycles. The summed E-state index contributed by atoms with van der Waals surface area (Å²) < 4.78 is 1.68. The summed E-state index contributed by atoms with van der Waals surface area (Å²) in [6, 6.07) is 1.81. The fourth-order valence-corrected chi connectivity index (χ4v) is 5.62. The van der Waals surface area contributed by atoms with E-state index in [-0.39, 0.29) is 11.3 Å². The van der Waals surface area contributed by atoms with Crippen LogP contribution in [0.15, 0.2) is 12.3 Å². The quantitative estimate of drug-likeness (QED) is 0.895. The van der Waals surface area contributed by atoms with E-state index in [1.807, 2.05) is 19.3 Å². The summed E-state index contributed by atoms with van der Waals surface area (Å²) in [5.41, 5.74) is -0.465. The van der Waals surface area contributed by atoms with Gasteiger partial charge < -0.3 is 10.4 Å². The molecule has 4 bridgehead atoms. The van der Waals surface area contributed by atoms with E-state index in [0.717, 1.165) is 32.1 Å². The van der Waals surface area contributed by atoms with Gasteiger partial charge in [0.1, 0.15) is 0 Å². The van der Waals surface area contributed by atoms with Gasteiger partial charge in [0, 0.05) is 25.7 Å². The SMILES string of the molecule is Cn1ccc(NC(=O)CC23CC4CC(CC(O)(C4)C2)C3)n1. The lowest BCUT2D eigenvalue weighted by Crippen LogP contribution is -2.56. The highest BCUT2D eigenvalue weighted by Gasteiger charge is 2.57. The third-order valence-corrected chi connectivity index (χ3v) is 5.67. The van der Waals surface area contributed by atoms with Gasteiger partial charge in [0.25, 0.3) is 0 Å². The lowest BCUT2D eigenvalue weighted by atomic mass is 9.47. The van der Waals surface area contributed by atoms with E-state index in [4.69, 9.17) is 0 Å². The molecule has 4 fully saturated rings. The van der Waals surface area contributed by atoms with E-state index < -0.39 is 5.60 Å². The van der Waals surface area contributed by atoms with Gasteiger partial charge >= 0.3 is 0 Å². The highest BCUT2D eigenvalue weighted by atomic mass is 16.3. The number of aromatic nitrogens is 2. The van der Waals surface area contributed by atoms with Crippen molar-refractivity contribution in [3.8, 4) is 0 Å². The van der Waals surface area contributed by atoms with Crippen LogP contribution in [-0.4, -0.2) is 26.4 Å². The first kappa shape index (κ1) is 13.3. The molecule has 2 unspecified atom stereocenters. The molecule has 2 N–H and O–H groups in total. The Balaban J connectivity index is 1.47. The zero-order valence-electron chi connectivity index (χ0n) is 12.5. The Bertz CT molecular complexity index is 566. The Labute approximate surface area is 124 Å². The topological polar surface area (TPSA) is 67.2 Å². The lowest BCUT2D eigenvalue weighted by Gasteiger charge is -2.60. The van der Waals surface area contributed by atoms with Gasteiger partial charge in [-0.3, -0.25) is 9.48 Å². The van der Waals surface area contributed by atoms with Crippen molar-refractivity contribution in [1.82, 2.24) is 9.78 Å². The number of amides is 1. The van der Waals surface area contributed by atoms with Crippen LogP contribution in [0.2, 0.25) is 0 Å². The third-order valence-electron chi connectivity index (χ3n) is 5.67. The van der Waals surface area contributed by atoms with Crippen molar-refractivity contribution in [1.29, 1.82) is 0 Å². The second kappa shape index (κ2) is 4.32. The molecule has 1 heterocycles. The van der Waals surface area contributed by atoms with Crippen LogP contribution in [0, 0.1) is 17.3 Å². The maximum absolute atomic E-state index is 12.4. The first-order valence-electron chi connectivity index (χ1n) is 7.96. The van der Waals surface area contributed by atoms with Gasteiger partial charge in [-0.1, -0.05) is 0 Å². The van der Waals surface area contributed by atoms with Crippen LogP contribution in [0.3, 0.4) is 0 Å². The molecule has 1 amide bonds. The third kappa shape index (κ3) is 2.37. The number of anilines is 1. The van der Waals surface area contributed by atoms with Crippen LogP contribution in [0.1, 0.15) is 44.9 Å². The highest BCUT2D eigenvalue weighted by Crippen LogP contribution is 2.62. The van der Waals surface area contributed by atoms with Crippen LogP contribution in [0.25, 0.3) is 0 Å². The smallest absolute Gasteiger partial charge is 0.226 e. The Hall–Kier alpha value is -1.36. The molecule has 1 aromatic heterocycles. The minimum Gasteiger partial charge on any atom is -0.390 e. The summed E-state index contributed by atoms with van der Waals surface area (Å²) in [5, 5.41) is 17.8. The summed E-state index contributed by atoms with van der Waals surface area (Å²) >= 11 is 0. The van der Waals surface area contributed by atoms with Crippen molar-refractivity contribution in [2.75, 3.05) is 5.32 Å². The average Bonchev–Trinajstić information content (AvgIpc) is 2.69. The van der Waals surface area contributed by atoms with Crippen molar-refractivity contribution in [2.45, 2.75) is 50.5 Å². The van der Waals surface area contributed by atoms with E-state index in [9.17, 15) is 9.90 Å². The molecule has 114 valence electrons. The molecule has 0 aliphatic heterocycles. The van der Waals surface area contributed by atoms with Crippen LogP contribution in [-0.2, 0) is 11.8 Å². The predicted octanol–water partition coefficient (Wildman–Crippen LogP) is 2.08. The number of hydrogen-bond donors (Lipinski definition) is 2. The second-order valence-electron chi connectivity index (χ2n) is 7.78. The minimum atomic E-state index is -0.491. The van der Waals surface area contributed by atoms with Crippen LogP contribution >= 0.6 is 0 Å². The molecule has 21 heavy (non-hydrogen) atoms. The molecule has 4 aliphatic rings. The van der Waals surface area contributed by atoms with Crippen molar-refractivity contribution in [3.05, 3.63) is 12.3 Å². The lowest BCUT2D eigenvalue weighted by molar-refractivity contribution is -0.167. The van der Waals surface area contributed by atoms with Gasteiger partial charge in [-0.2, -0.15) is 5.10 Å². The molecule has 5 nitrogen and oxygen atoms in total. The van der Waals surface area contributed by atoms with Gasteiger partial charge in [-0.15, -0.1) is 0 Å². The number of hydrogen-bond acceptors (Lipinski definition) is 3. The number of aliphatic hydroxyl groups is 1. The van der Waals surface area contributed by atoms with Crippen LogP contribution in [0.5, 0.6) is 0 Å². The summed E-state index contributed by atoms with van der Waals surface area (Å²) in [5.74, 6) is 1.91. The molecule has 2 atom stereocenters. The molecule has 5 heteroatoms. The van der Waals surface area contributed by atoms with E-state index in [1.165, 1.54) is 6.42 Å². The molecule has 5 rings (SSSR count). The largest absolute Gasteiger partial charge is 0.390 e. The molecule has 4 aliphatic carbocycles. The van der Waals surface area contributed by atoms with E-state index in [2.05, 4.69) is 10.4 Å². The monoisotopic (exact) mass is 289 g/mol. The fraction of sp³-hybridized carbons (Fsp3) is 0.750. The van der Waals surface area contributed by atoms with Gasteiger partial charge in [-0.25, -0.2) is 0 Å². The van der Waals surface area contributed by atoms with Gasteiger partial charge in [0.05, 0.1) is 5.60 Å². The highest BCUT2D eigenvalue weighted by molar-refractivity contribution is 5.90. The summed E-state index contributed by atoms with van der Waals surface area (Å²) in [4.78, 5) is 12.4. The van der Waals surface area contributed by atoms with Crippen molar-refractivity contribution < 1.29 is 9.90 Å². The first-order valence-corrected chi connectivity index (χ1v) is 7.96. The number of carbonyl (C=O) groups is 1. The van der Waals surface area contributed by atoms with Crippen molar-refractivity contribution >= 4 is 11.7 Å². The fourth-order valence-electron chi connectivity index (χ4n) is 5.62. The molecule has 0 spiro atoms. The normalized spacial score (nSPS) is 40.5. The molecular weight excluding hydrogens is 266 g/mol. The number of nitrogens with one attached hydrogen (secondary N) is 1. The van der Waals surface area contributed by atoms with Gasteiger partial charge in [-0.05, 0) is 55.8 Å².